The number of nitrogens with one attached hydrogen (secondary N) is 1. The molecule has 28 heavy (non-hydrogen) atoms. The summed E-state index contributed by atoms with van der Waals surface area (Å²) in [5.74, 6) is 0.156. The van der Waals surface area contributed by atoms with E-state index in [1.807, 2.05) is 44.6 Å². The number of aryl methyl sites for hydroxylation is 1. The summed E-state index contributed by atoms with van der Waals surface area (Å²) < 4.78 is 5.40. The van der Waals surface area contributed by atoms with Crippen LogP contribution in [0.2, 0.25) is 0 Å². The second-order valence-electron chi connectivity index (χ2n) is 7.36. The monoisotopic (exact) mass is 401 g/mol. The molecule has 3 rings (SSSR count). The summed E-state index contributed by atoms with van der Waals surface area (Å²) in [6.45, 7) is 2.86. The molecule has 1 N–H and O–H groups in total. The second kappa shape index (κ2) is 8.75. The van der Waals surface area contributed by atoms with Crippen molar-refractivity contribution in [2.45, 2.75) is 19.4 Å². The van der Waals surface area contributed by atoms with Crippen LogP contribution in [0.15, 0.2) is 35.0 Å². The molecule has 1 aromatic heterocycles. The van der Waals surface area contributed by atoms with E-state index in [-0.39, 0.29) is 30.2 Å². The summed E-state index contributed by atoms with van der Waals surface area (Å²) in [6, 6.07) is 7.91. The lowest BCUT2D eigenvalue weighted by Gasteiger charge is -2.25. The predicted octanol–water partition coefficient (Wildman–Crippen LogP) is 2.84. The Morgan fingerprint density at radius 3 is 2.82 bits per heavy atom. The van der Waals surface area contributed by atoms with Gasteiger partial charge in [-0.2, -0.15) is 11.3 Å². The Kier molecular flexibility index (Phi) is 6.36. The van der Waals surface area contributed by atoms with Crippen molar-refractivity contribution in [2.24, 2.45) is 5.92 Å². The number of rotatable bonds is 7. The smallest absolute Gasteiger partial charge is 0.227 e. The molecular weight excluding hydrogens is 374 g/mol. The third kappa shape index (κ3) is 4.36. The van der Waals surface area contributed by atoms with Crippen LogP contribution in [0.1, 0.15) is 23.6 Å². The first-order valence-electron chi connectivity index (χ1n) is 9.32. The number of carbonyl (C=O) groups is 2. The van der Waals surface area contributed by atoms with Gasteiger partial charge in [-0.25, -0.2) is 0 Å². The molecule has 0 spiro atoms. The molecule has 1 aliphatic rings. The van der Waals surface area contributed by atoms with Gasteiger partial charge in [0.2, 0.25) is 11.8 Å². The van der Waals surface area contributed by atoms with Crippen LogP contribution in [0.5, 0.6) is 5.75 Å². The van der Waals surface area contributed by atoms with E-state index in [9.17, 15) is 9.59 Å². The van der Waals surface area contributed by atoms with Crippen molar-refractivity contribution >= 4 is 28.8 Å². The van der Waals surface area contributed by atoms with Crippen molar-refractivity contribution in [1.82, 2.24) is 10.2 Å². The molecule has 7 heteroatoms. The van der Waals surface area contributed by atoms with Crippen LogP contribution in [0.3, 0.4) is 0 Å². The molecule has 1 aromatic carbocycles. The summed E-state index contributed by atoms with van der Waals surface area (Å²) in [5, 5.41) is 7.18. The van der Waals surface area contributed by atoms with E-state index in [4.69, 9.17) is 4.74 Å². The van der Waals surface area contributed by atoms with E-state index in [1.165, 1.54) is 5.56 Å². The molecular formula is C21H27N3O3S. The Morgan fingerprint density at radius 1 is 1.39 bits per heavy atom. The Balaban J connectivity index is 1.66. The van der Waals surface area contributed by atoms with Crippen molar-refractivity contribution in [3.05, 3.63) is 46.2 Å². The highest BCUT2D eigenvalue weighted by Crippen LogP contribution is 2.34. The molecule has 6 nitrogen and oxygen atoms in total. The third-order valence-electron chi connectivity index (χ3n) is 5.14. The topological polar surface area (TPSA) is 61.9 Å². The average molecular weight is 402 g/mol. The summed E-state index contributed by atoms with van der Waals surface area (Å²) >= 11 is 1.65. The Hall–Kier alpha value is -2.38. The third-order valence-corrected chi connectivity index (χ3v) is 5.84. The number of hydrogen-bond acceptors (Lipinski definition) is 5. The Bertz CT molecular complexity index is 835. The van der Waals surface area contributed by atoms with Crippen molar-refractivity contribution in [2.75, 3.05) is 39.2 Å². The number of likely N-dealkylation sites (N-methyl/N-ethyl adjacent to an activating group) is 1. The van der Waals surface area contributed by atoms with Gasteiger partial charge in [-0.3, -0.25) is 9.59 Å². The van der Waals surface area contributed by atoms with Gasteiger partial charge in [0.05, 0.1) is 24.8 Å². The zero-order chi connectivity index (χ0) is 20.3. The molecule has 2 amide bonds. The fraction of sp³-hybridized carbons (Fsp3) is 0.429. The molecule has 1 aliphatic heterocycles. The first-order chi connectivity index (χ1) is 13.4. The number of amides is 2. The number of hydrogen-bond donors (Lipinski definition) is 1. The molecule has 0 bridgehead atoms. The molecule has 0 radical (unpaired) electrons. The van der Waals surface area contributed by atoms with E-state index in [0.717, 1.165) is 11.3 Å². The minimum atomic E-state index is -0.358. The molecule has 2 unspecified atom stereocenters. The van der Waals surface area contributed by atoms with Gasteiger partial charge in [-0.1, -0.05) is 6.07 Å². The molecule has 2 aromatic rings. The largest absolute Gasteiger partial charge is 0.495 e. The number of benzene rings is 1. The minimum Gasteiger partial charge on any atom is -0.495 e. The van der Waals surface area contributed by atoms with E-state index < -0.39 is 0 Å². The molecule has 2 atom stereocenters. The molecule has 0 saturated carbocycles. The van der Waals surface area contributed by atoms with Gasteiger partial charge in [-0.15, -0.1) is 0 Å². The summed E-state index contributed by atoms with van der Waals surface area (Å²) in [7, 11) is 5.59. The fourth-order valence-electron chi connectivity index (χ4n) is 3.53. The highest BCUT2D eigenvalue weighted by atomic mass is 32.1. The maximum atomic E-state index is 12.7. The zero-order valence-corrected chi connectivity index (χ0v) is 17.6. The lowest BCUT2D eigenvalue weighted by atomic mass is 10.1. The molecule has 150 valence electrons. The first kappa shape index (κ1) is 20.4. The maximum absolute atomic E-state index is 12.7. The van der Waals surface area contributed by atoms with E-state index >= 15 is 0 Å². The van der Waals surface area contributed by atoms with Crippen molar-refractivity contribution in [1.29, 1.82) is 0 Å². The molecule has 2 heterocycles. The first-order valence-corrected chi connectivity index (χ1v) is 10.3. The fourth-order valence-corrected chi connectivity index (χ4v) is 4.24. The number of thiophene rings is 1. The van der Waals surface area contributed by atoms with Gasteiger partial charge >= 0.3 is 0 Å². The van der Waals surface area contributed by atoms with Crippen LogP contribution in [-0.4, -0.2) is 51.0 Å². The van der Waals surface area contributed by atoms with E-state index in [1.54, 1.807) is 23.3 Å². The highest BCUT2D eigenvalue weighted by molar-refractivity contribution is 7.07. The van der Waals surface area contributed by atoms with Gasteiger partial charge < -0.3 is 19.9 Å². The number of ether oxygens (including phenoxy) is 1. The summed E-state index contributed by atoms with van der Waals surface area (Å²) in [6.07, 6.45) is 0.216. The normalized spacial score (nSPS) is 17.8. The van der Waals surface area contributed by atoms with Crippen molar-refractivity contribution in [3.63, 3.8) is 0 Å². The Morgan fingerprint density at radius 2 is 2.18 bits per heavy atom. The Labute approximate surface area is 170 Å². The van der Waals surface area contributed by atoms with E-state index in [0.29, 0.717) is 18.8 Å². The second-order valence-corrected chi connectivity index (χ2v) is 8.14. The van der Waals surface area contributed by atoms with Gasteiger partial charge in [0.25, 0.3) is 0 Å². The SMILES string of the molecule is COc1ccc(C)cc1N1CC(C(=O)NCC(c2ccsc2)N(C)C)CC1=O. The molecule has 1 fully saturated rings. The maximum Gasteiger partial charge on any atom is 0.227 e. The van der Waals surface area contributed by atoms with Gasteiger partial charge in [-0.05, 0) is 61.1 Å². The van der Waals surface area contributed by atoms with Crippen LogP contribution in [0, 0.1) is 12.8 Å². The van der Waals surface area contributed by atoms with Crippen LogP contribution in [0.4, 0.5) is 5.69 Å². The van der Waals surface area contributed by atoms with Crippen LogP contribution >= 0.6 is 11.3 Å². The number of nitrogens with zero attached hydrogens (tertiary/aromatic N) is 2. The minimum absolute atomic E-state index is 0.0500. The zero-order valence-electron chi connectivity index (χ0n) is 16.8. The van der Waals surface area contributed by atoms with Crippen LogP contribution in [-0.2, 0) is 9.59 Å². The van der Waals surface area contributed by atoms with Crippen LogP contribution in [0.25, 0.3) is 0 Å². The number of anilines is 1. The summed E-state index contributed by atoms with van der Waals surface area (Å²) in [5.41, 5.74) is 2.96. The van der Waals surface area contributed by atoms with Gasteiger partial charge in [0, 0.05) is 19.5 Å². The van der Waals surface area contributed by atoms with Gasteiger partial charge in [0.1, 0.15) is 5.75 Å². The quantitative estimate of drug-likeness (QED) is 0.775. The molecule has 1 saturated heterocycles. The lowest BCUT2D eigenvalue weighted by molar-refractivity contribution is -0.126. The lowest BCUT2D eigenvalue weighted by Crippen LogP contribution is -2.38. The number of carbonyl (C=O) groups excluding carboxylic acids is 2. The predicted molar refractivity (Wildman–Crippen MR) is 112 cm³/mol. The molecule has 0 aliphatic carbocycles. The summed E-state index contributed by atoms with van der Waals surface area (Å²) in [4.78, 5) is 29.1. The average Bonchev–Trinajstić information content (AvgIpc) is 3.31. The highest BCUT2D eigenvalue weighted by Gasteiger charge is 2.36. The van der Waals surface area contributed by atoms with Crippen molar-refractivity contribution < 1.29 is 14.3 Å². The van der Waals surface area contributed by atoms with Crippen LogP contribution < -0.4 is 15.0 Å². The number of methoxy groups -OCH3 is 1. The van der Waals surface area contributed by atoms with Gasteiger partial charge in [0.15, 0.2) is 0 Å². The van der Waals surface area contributed by atoms with Crippen molar-refractivity contribution in [3.8, 4) is 5.75 Å². The van der Waals surface area contributed by atoms with E-state index in [2.05, 4.69) is 21.7 Å². The standard InChI is InChI=1S/C21H27N3O3S/c1-14-5-6-19(27-4)17(9-14)24-12-16(10-20(24)25)21(26)22-11-18(23(2)3)15-7-8-28-13-15/h5-9,13,16,18H,10-12H2,1-4H3,(H,22,26).